The molecule has 110 valence electrons. The van der Waals surface area contributed by atoms with E-state index in [0.29, 0.717) is 12.5 Å². The number of benzene rings is 1. The van der Waals surface area contributed by atoms with Gasteiger partial charge in [0, 0.05) is 18.7 Å². The molecule has 3 N–H and O–H groups in total. The van der Waals surface area contributed by atoms with Gasteiger partial charge in [0.25, 0.3) is 0 Å². The number of nitrogens with one attached hydrogen (secondary N) is 1. The number of nitrogens with two attached hydrogens (primary N) is 1. The van der Waals surface area contributed by atoms with Crippen LogP contribution in [0.15, 0.2) is 18.2 Å². The number of carbonyl (C=O) groups excluding carboxylic acids is 1. The van der Waals surface area contributed by atoms with E-state index in [1.807, 2.05) is 11.8 Å². The van der Waals surface area contributed by atoms with Crippen LogP contribution in [0, 0.1) is 17.6 Å². The second-order valence-electron chi connectivity index (χ2n) is 5.29. The quantitative estimate of drug-likeness (QED) is 0.882. The van der Waals surface area contributed by atoms with E-state index in [4.69, 9.17) is 5.73 Å². The predicted molar refractivity (Wildman–Crippen MR) is 73.2 cm³/mol. The first kappa shape index (κ1) is 14.9. The van der Waals surface area contributed by atoms with E-state index in [-0.39, 0.29) is 24.2 Å². The lowest BCUT2D eigenvalue weighted by atomic mass is 10.1. The van der Waals surface area contributed by atoms with Crippen LogP contribution in [0.2, 0.25) is 0 Å². The van der Waals surface area contributed by atoms with Crippen molar-refractivity contribution in [2.24, 2.45) is 11.7 Å². The highest BCUT2D eigenvalue weighted by Crippen LogP contribution is 2.22. The fourth-order valence-corrected chi connectivity index (χ4v) is 2.57. The maximum Gasteiger partial charge on any atom is 0.238 e. The molecule has 0 aliphatic carbocycles. The van der Waals surface area contributed by atoms with Crippen LogP contribution < -0.4 is 11.1 Å². The van der Waals surface area contributed by atoms with Gasteiger partial charge in [0.1, 0.15) is 11.6 Å². The Morgan fingerprint density at radius 2 is 2.25 bits per heavy atom. The summed E-state index contributed by atoms with van der Waals surface area (Å²) in [5.74, 6) is -1.34. The molecule has 0 aromatic heterocycles. The molecular weight excluding hydrogens is 264 g/mol. The lowest BCUT2D eigenvalue weighted by Crippen LogP contribution is -2.36. The Morgan fingerprint density at radius 3 is 2.85 bits per heavy atom. The SMILES string of the molecule is CC1CC(CN)CN1CC(=O)Nc1ccc(F)cc1F. The summed E-state index contributed by atoms with van der Waals surface area (Å²) in [4.78, 5) is 13.9. The topological polar surface area (TPSA) is 58.4 Å². The molecule has 1 amide bonds. The van der Waals surface area contributed by atoms with Crippen molar-refractivity contribution in [2.75, 3.05) is 25.0 Å². The Labute approximate surface area is 116 Å². The third kappa shape index (κ3) is 3.52. The van der Waals surface area contributed by atoms with Gasteiger partial charge in [-0.2, -0.15) is 0 Å². The van der Waals surface area contributed by atoms with Gasteiger partial charge in [-0.15, -0.1) is 0 Å². The van der Waals surface area contributed by atoms with Crippen LogP contribution in [0.1, 0.15) is 13.3 Å². The maximum absolute atomic E-state index is 13.4. The summed E-state index contributed by atoms with van der Waals surface area (Å²) in [6.07, 6.45) is 0.967. The smallest absolute Gasteiger partial charge is 0.238 e. The van der Waals surface area contributed by atoms with E-state index in [1.165, 1.54) is 6.07 Å². The second-order valence-corrected chi connectivity index (χ2v) is 5.29. The minimum Gasteiger partial charge on any atom is -0.330 e. The van der Waals surface area contributed by atoms with Crippen molar-refractivity contribution in [2.45, 2.75) is 19.4 Å². The number of nitrogens with zero attached hydrogens (tertiary/aromatic N) is 1. The Hall–Kier alpha value is -1.53. The summed E-state index contributed by atoms with van der Waals surface area (Å²) in [7, 11) is 0. The summed E-state index contributed by atoms with van der Waals surface area (Å²) >= 11 is 0. The molecule has 2 rings (SSSR count). The molecule has 0 radical (unpaired) electrons. The molecule has 0 spiro atoms. The zero-order chi connectivity index (χ0) is 14.7. The minimum atomic E-state index is -0.771. The number of anilines is 1. The first-order valence-corrected chi connectivity index (χ1v) is 6.68. The highest BCUT2D eigenvalue weighted by molar-refractivity contribution is 5.92. The largest absolute Gasteiger partial charge is 0.330 e. The Kier molecular flexibility index (Phi) is 4.67. The van der Waals surface area contributed by atoms with Crippen LogP contribution in [-0.4, -0.2) is 36.5 Å². The van der Waals surface area contributed by atoms with Crippen molar-refractivity contribution in [3.8, 4) is 0 Å². The normalized spacial score (nSPS) is 23.0. The highest BCUT2D eigenvalue weighted by Gasteiger charge is 2.29. The van der Waals surface area contributed by atoms with E-state index < -0.39 is 11.6 Å². The molecule has 0 bridgehead atoms. The minimum absolute atomic E-state index is 0.00127. The number of carbonyl (C=O) groups is 1. The van der Waals surface area contributed by atoms with E-state index in [9.17, 15) is 13.6 Å². The van der Waals surface area contributed by atoms with Gasteiger partial charge in [0.05, 0.1) is 12.2 Å². The standard InChI is InChI=1S/C14H19F2N3O/c1-9-4-10(6-17)7-19(9)8-14(20)18-13-3-2-11(15)5-12(13)16/h2-3,5,9-10H,4,6-8,17H2,1H3,(H,18,20). The van der Waals surface area contributed by atoms with E-state index in [2.05, 4.69) is 5.32 Å². The van der Waals surface area contributed by atoms with Crippen LogP contribution in [0.25, 0.3) is 0 Å². The molecule has 2 unspecified atom stereocenters. The van der Waals surface area contributed by atoms with Gasteiger partial charge in [0.15, 0.2) is 0 Å². The predicted octanol–water partition coefficient (Wildman–Crippen LogP) is 1.57. The van der Waals surface area contributed by atoms with Crippen LogP contribution in [-0.2, 0) is 4.79 Å². The number of hydrogen-bond acceptors (Lipinski definition) is 3. The van der Waals surface area contributed by atoms with Crippen LogP contribution in [0.4, 0.5) is 14.5 Å². The van der Waals surface area contributed by atoms with Crippen molar-refractivity contribution in [3.63, 3.8) is 0 Å². The molecular formula is C14H19F2N3O. The van der Waals surface area contributed by atoms with E-state index in [0.717, 1.165) is 25.1 Å². The number of hydrogen-bond donors (Lipinski definition) is 2. The Morgan fingerprint density at radius 1 is 1.50 bits per heavy atom. The molecule has 4 nitrogen and oxygen atoms in total. The van der Waals surface area contributed by atoms with Gasteiger partial charge in [-0.25, -0.2) is 8.78 Å². The summed E-state index contributed by atoms with van der Waals surface area (Å²) in [5, 5.41) is 2.46. The molecule has 1 aliphatic rings. The van der Waals surface area contributed by atoms with E-state index >= 15 is 0 Å². The summed E-state index contributed by atoms with van der Waals surface area (Å²) in [6, 6.07) is 3.37. The molecule has 1 aromatic rings. The second kappa shape index (κ2) is 6.28. The molecule has 1 aromatic carbocycles. The summed E-state index contributed by atoms with van der Waals surface area (Å²) in [6.45, 7) is 3.61. The first-order valence-electron chi connectivity index (χ1n) is 6.68. The van der Waals surface area contributed by atoms with Crippen molar-refractivity contribution in [3.05, 3.63) is 29.8 Å². The Balaban J connectivity index is 1.92. The van der Waals surface area contributed by atoms with Gasteiger partial charge in [-0.05, 0) is 37.9 Å². The fourth-order valence-electron chi connectivity index (χ4n) is 2.57. The number of halogens is 2. The van der Waals surface area contributed by atoms with Crippen molar-refractivity contribution < 1.29 is 13.6 Å². The Bertz CT molecular complexity index is 495. The number of likely N-dealkylation sites (tertiary alicyclic amines) is 1. The first-order chi connectivity index (χ1) is 9.49. The summed E-state index contributed by atoms with van der Waals surface area (Å²) in [5.41, 5.74) is 5.63. The average molecular weight is 283 g/mol. The van der Waals surface area contributed by atoms with E-state index in [1.54, 1.807) is 0 Å². The molecule has 1 fully saturated rings. The van der Waals surface area contributed by atoms with Crippen molar-refractivity contribution >= 4 is 11.6 Å². The molecule has 6 heteroatoms. The monoisotopic (exact) mass is 283 g/mol. The van der Waals surface area contributed by atoms with Crippen molar-refractivity contribution in [1.82, 2.24) is 4.90 Å². The molecule has 1 heterocycles. The van der Waals surface area contributed by atoms with Gasteiger partial charge in [0.2, 0.25) is 5.91 Å². The van der Waals surface area contributed by atoms with Crippen LogP contribution in [0.5, 0.6) is 0 Å². The molecule has 0 saturated carbocycles. The average Bonchev–Trinajstić information content (AvgIpc) is 2.74. The highest BCUT2D eigenvalue weighted by atomic mass is 19.1. The lowest BCUT2D eigenvalue weighted by Gasteiger charge is -2.20. The number of rotatable bonds is 4. The summed E-state index contributed by atoms with van der Waals surface area (Å²) < 4.78 is 26.2. The van der Waals surface area contributed by atoms with Crippen molar-refractivity contribution in [1.29, 1.82) is 0 Å². The fraction of sp³-hybridized carbons (Fsp3) is 0.500. The van der Waals surface area contributed by atoms with Gasteiger partial charge in [-0.3, -0.25) is 9.69 Å². The van der Waals surface area contributed by atoms with Gasteiger partial charge >= 0.3 is 0 Å². The molecule has 1 saturated heterocycles. The third-order valence-electron chi connectivity index (χ3n) is 3.68. The molecule has 20 heavy (non-hydrogen) atoms. The third-order valence-corrected chi connectivity index (χ3v) is 3.68. The molecule has 2 atom stereocenters. The van der Waals surface area contributed by atoms with Crippen LogP contribution >= 0.6 is 0 Å². The number of amides is 1. The van der Waals surface area contributed by atoms with Crippen LogP contribution in [0.3, 0.4) is 0 Å². The zero-order valence-electron chi connectivity index (χ0n) is 11.4. The lowest BCUT2D eigenvalue weighted by molar-refractivity contribution is -0.117. The van der Waals surface area contributed by atoms with Gasteiger partial charge < -0.3 is 11.1 Å². The molecule has 1 aliphatic heterocycles. The van der Waals surface area contributed by atoms with Gasteiger partial charge in [-0.1, -0.05) is 0 Å². The maximum atomic E-state index is 13.4. The zero-order valence-corrected chi connectivity index (χ0v) is 11.4.